The van der Waals surface area contributed by atoms with Gasteiger partial charge in [-0.3, -0.25) is 4.79 Å². The maximum Gasteiger partial charge on any atom is 0.320 e. The Labute approximate surface area is 204 Å². The molecule has 1 atom stereocenters. The van der Waals surface area contributed by atoms with Gasteiger partial charge in [-0.2, -0.15) is 0 Å². The number of urea groups is 1. The van der Waals surface area contributed by atoms with Crippen LogP contribution in [0, 0.1) is 11.8 Å². The van der Waals surface area contributed by atoms with E-state index in [1.807, 2.05) is 22.4 Å². The number of amides is 3. The van der Waals surface area contributed by atoms with Gasteiger partial charge in [-0.1, -0.05) is 17.7 Å². The van der Waals surface area contributed by atoms with Crippen LogP contribution in [0.15, 0.2) is 41.8 Å². The number of nitrogens with one attached hydrogen (secondary N) is 3. The minimum absolute atomic E-state index is 0. The summed E-state index contributed by atoms with van der Waals surface area (Å²) < 4.78 is 0. The van der Waals surface area contributed by atoms with E-state index in [1.54, 1.807) is 24.3 Å². The van der Waals surface area contributed by atoms with Gasteiger partial charge in [0.15, 0.2) is 0 Å². The Morgan fingerprint density at radius 3 is 2.31 bits per heavy atom. The van der Waals surface area contributed by atoms with Crippen LogP contribution in [0.1, 0.15) is 36.6 Å². The molecule has 9 heteroatoms. The fourth-order valence-electron chi connectivity index (χ4n) is 4.63. The van der Waals surface area contributed by atoms with Crippen LogP contribution in [0.25, 0.3) is 0 Å². The monoisotopic (exact) mass is 496 g/mol. The van der Waals surface area contributed by atoms with E-state index < -0.39 is 12.1 Å². The Balaban J connectivity index is 0.00000289. The van der Waals surface area contributed by atoms with Crippen molar-refractivity contribution in [2.45, 2.75) is 31.7 Å². The molecular formula is C23H30Cl2N4O2S. The first kappa shape index (κ1) is 24.8. The van der Waals surface area contributed by atoms with Gasteiger partial charge in [-0.25, -0.2) is 4.79 Å². The lowest BCUT2D eigenvalue weighted by Gasteiger charge is -2.38. The molecule has 0 bridgehead atoms. The summed E-state index contributed by atoms with van der Waals surface area (Å²) in [5.74, 6) is 1.44. The van der Waals surface area contributed by atoms with Crippen LogP contribution in [0.4, 0.5) is 10.5 Å². The Kier molecular flexibility index (Phi) is 9.22. The zero-order chi connectivity index (χ0) is 21.6. The minimum Gasteiger partial charge on any atom is -0.341 e. The van der Waals surface area contributed by atoms with Gasteiger partial charge in [-0.05, 0) is 86.3 Å². The van der Waals surface area contributed by atoms with Gasteiger partial charge >= 0.3 is 6.03 Å². The highest BCUT2D eigenvalue weighted by molar-refractivity contribution is 7.10. The Hall–Kier alpha value is -1.80. The van der Waals surface area contributed by atoms with Gasteiger partial charge in [0, 0.05) is 28.7 Å². The van der Waals surface area contributed by atoms with E-state index in [2.05, 4.69) is 16.0 Å². The Bertz CT molecular complexity index is 865. The van der Waals surface area contributed by atoms with Crippen LogP contribution in [0.3, 0.4) is 0 Å². The number of carbonyl (C=O) groups excluding carboxylic acids is 2. The van der Waals surface area contributed by atoms with Gasteiger partial charge in [-0.15, -0.1) is 23.7 Å². The molecule has 0 radical (unpaired) electrons. The van der Waals surface area contributed by atoms with Crippen molar-refractivity contribution in [1.82, 2.24) is 15.5 Å². The van der Waals surface area contributed by atoms with Crippen LogP contribution in [0.5, 0.6) is 0 Å². The molecule has 2 aliphatic heterocycles. The molecule has 4 rings (SSSR count). The van der Waals surface area contributed by atoms with E-state index in [1.165, 1.54) is 24.2 Å². The highest BCUT2D eigenvalue weighted by atomic mass is 35.5. The number of benzene rings is 1. The van der Waals surface area contributed by atoms with E-state index in [0.717, 1.165) is 49.8 Å². The SMILES string of the molecule is Cl.O=C(Nc1ccc(Cl)cc1)N[C@H](C(=O)N1CCC(C2CCNCC2)CC1)c1cccs1. The molecule has 3 heterocycles. The average molecular weight is 497 g/mol. The van der Waals surface area contributed by atoms with Crippen molar-refractivity contribution < 1.29 is 9.59 Å². The second-order valence-electron chi connectivity index (χ2n) is 8.30. The zero-order valence-electron chi connectivity index (χ0n) is 17.9. The van der Waals surface area contributed by atoms with Crippen molar-refractivity contribution in [3.63, 3.8) is 0 Å². The summed E-state index contributed by atoms with van der Waals surface area (Å²) in [5.41, 5.74) is 0.627. The molecule has 2 saturated heterocycles. The topological polar surface area (TPSA) is 73.5 Å². The van der Waals surface area contributed by atoms with Crippen molar-refractivity contribution in [2.75, 3.05) is 31.5 Å². The van der Waals surface area contributed by atoms with Crippen molar-refractivity contribution in [1.29, 1.82) is 0 Å². The lowest BCUT2D eigenvalue weighted by molar-refractivity contribution is -0.135. The Morgan fingerprint density at radius 2 is 1.69 bits per heavy atom. The lowest BCUT2D eigenvalue weighted by Crippen LogP contribution is -2.47. The maximum absolute atomic E-state index is 13.4. The molecule has 2 aromatic rings. The number of thiophene rings is 1. The third-order valence-electron chi connectivity index (χ3n) is 6.35. The van der Waals surface area contributed by atoms with Crippen LogP contribution in [-0.4, -0.2) is 43.0 Å². The molecular weight excluding hydrogens is 467 g/mol. The second-order valence-corrected chi connectivity index (χ2v) is 9.72. The van der Waals surface area contributed by atoms with Gasteiger partial charge in [0.25, 0.3) is 5.91 Å². The first-order chi connectivity index (χ1) is 15.1. The van der Waals surface area contributed by atoms with Crippen LogP contribution < -0.4 is 16.0 Å². The molecule has 174 valence electrons. The quantitative estimate of drug-likeness (QED) is 0.549. The van der Waals surface area contributed by atoms with Gasteiger partial charge in [0.05, 0.1) is 0 Å². The molecule has 3 amide bonds. The molecule has 6 nitrogen and oxygen atoms in total. The summed E-state index contributed by atoms with van der Waals surface area (Å²) in [6, 6.07) is 9.61. The number of halogens is 2. The van der Waals surface area contributed by atoms with Gasteiger partial charge < -0.3 is 20.9 Å². The van der Waals surface area contributed by atoms with E-state index in [9.17, 15) is 9.59 Å². The normalized spacial score (nSPS) is 18.5. The fourth-order valence-corrected chi connectivity index (χ4v) is 5.52. The third kappa shape index (κ3) is 6.38. The summed E-state index contributed by atoms with van der Waals surface area (Å²) in [6.07, 6.45) is 4.57. The summed E-state index contributed by atoms with van der Waals surface area (Å²) in [5, 5.41) is 11.6. The molecule has 0 saturated carbocycles. The maximum atomic E-state index is 13.4. The predicted octanol–water partition coefficient (Wildman–Crippen LogP) is 4.92. The van der Waals surface area contributed by atoms with Crippen LogP contribution in [-0.2, 0) is 4.79 Å². The van der Waals surface area contributed by atoms with Crippen molar-refractivity contribution >= 4 is 53.0 Å². The number of likely N-dealkylation sites (tertiary alicyclic amines) is 1. The molecule has 3 N–H and O–H groups in total. The third-order valence-corrected chi connectivity index (χ3v) is 7.54. The minimum atomic E-state index is -0.678. The summed E-state index contributed by atoms with van der Waals surface area (Å²) in [4.78, 5) is 28.8. The van der Waals surface area contributed by atoms with Crippen LogP contribution >= 0.6 is 35.3 Å². The molecule has 0 unspecified atom stereocenters. The molecule has 0 spiro atoms. The number of hydrogen-bond donors (Lipinski definition) is 3. The van der Waals surface area contributed by atoms with Crippen molar-refractivity contribution in [3.05, 3.63) is 51.7 Å². The van der Waals surface area contributed by atoms with E-state index in [4.69, 9.17) is 11.6 Å². The number of rotatable bonds is 5. The van der Waals surface area contributed by atoms with Gasteiger partial charge in [0.2, 0.25) is 0 Å². The number of piperidine rings is 2. The number of hydrogen-bond acceptors (Lipinski definition) is 4. The molecule has 2 aliphatic rings. The van der Waals surface area contributed by atoms with E-state index in [-0.39, 0.29) is 18.3 Å². The standard InChI is InChI=1S/C23H29ClN4O2S.ClH/c24-18-3-5-19(6-4-18)26-23(30)27-21(20-2-1-15-31-20)22(29)28-13-9-17(10-14-28)16-7-11-25-12-8-16;/h1-6,15-17,21,25H,7-14H2,(H2,26,27,30);1H/t21-;/m0./s1. The highest BCUT2D eigenvalue weighted by Crippen LogP contribution is 2.32. The number of anilines is 1. The molecule has 0 aliphatic carbocycles. The molecule has 2 fully saturated rings. The number of carbonyl (C=O) groups is 2. The zero-order valence-corrected chi connectivity index (χ0v) is 20.3. The first-order valence-electron chi connectivity index (χ1n) is 11.0. The van der Waals surface area contributed by atoms with Crippen molar-refractivity contribution in [3.8, 4) is 0 Å². The second kappa shape index (κ2) is 11.9. The smallest absolute Gasteiger partial charge is 0.320 e. The fraction of sp³-hybridized carbons (Fsp3) is 0.478. The lowest BCUT2D eigenvalue weighted by atomic mass is 9.79. The summed E-state index contributed by atoms with van der Waals surface area (Å²) >= 11 is 7.39. The largest absolute Gasteiger partial charge is 0.341 e. The predicted molar refractivity (Wildman–Crippen MR) is 133 cm³/mol. The summed E-state index contributed by atoms with van der Waals surface area (Å²) in [6.45, 7) is 3.74. The first-order valence-corrected chi connectivity index (χ1v) is 12.2. The molecule has 1 aromatic heterocycles. The van der Waals surface area contributed by atoms with Crippen LogP contribution in [0.2, 0.25) is 5.02 Å². The van der Waals surface area contributed by atoms with E-state index >= 15 is 0 Å². The molecule has 1 aromatic carbocycles. The van der Waals surface area contributed by atoms with E-state index in [0.29, 0.717) is 16.6 Å². The van der Waals surface area contributed by atoms with Crippen molar-refractivity contribution in [2.24, 2.45) is 11.8 Å². The van der Waals surface area contributed by atoms with Gasteiger partial charge in [0.1, 0.15) is 6.04 Å². The highest BCUT2D eigenvalue weighted by Gasteiger charge is 2.33. The molecule has 32 heavy (non-hydrogen) atoms. The number of nitrogens with zero attached hydrogens (tertiary/aromatic N) is 1. The summed E-state index contributed by atoms with van der Waals surface area (Å²) in [7, 11) is 0. The Morgan fingerprint density at radius 1 is 1.03 bits per heavy atom. The average Bonchev–Trinajstić information content (AvgIpc) is 3.34.